The Morgan fingerprint density at radius 1 is 0.917 bits per heavy atom. The van der Waals surface area contributed by atoms with E-state index in [1.54, 1.807) is 26.0 Å². The first kappa shape index (κ1) is 19.0. The van der Waals surface area contributed by atoms with Crippen LogP contribution in [0.4, 0.5) is 0 Å². The summed E-state index contributed by atoms with van der Waals surface area (Å²) >= 11 is 6.06. The molecule has 0 amide bonds. The molecule has 0 bridgehead atoms. The van der Waals surface area contributed by atoms with Crippen molar-refractivity contribution in [2.75, 3.05) is 0 Å². The van der Waals surface area contributed by atoms with Crippen LogP contribution in [0.15, 0.2) is 41.3 Å². The van der Waals surface area contributed by atoms with Crippen LogP contribution in [-0.2, 0) is 10.0 Å². The van der Waals surface area contributed by atoms with E-state index in [2.05, 4.69) is 18.6 Å². The van der Waals surface area contributed by atoms with E-state index in [0.29, 0.717) is 16.5 Å². The molecule has 1 atom stereocenters. The number of rotatable bonds is 5. The molecule has 0 spiro atoms. The molecule has 0 aliphatic carbocycles. The predicted molar refractivity (Wildman–Crippen MR) is 100 cm³/mol. The quantitative estimate of drug-likeness (QED) is 0.799. The zero-order valence-electron chi connectivity index (χ0n) is 14.7. The number of hydrogen-bond donors (Lipinski definition) is 1. The monoisotopic (exact) mass is 365 g/mol. The maximum absolute atomic E-state index is 12.7. The Morgan fingerprint density at radius 3 is 2.00 bits per heavy atom. The van der Waals surface area contributed by atoms with E-state index in [1.807, 2.05) is 31.2 Å². The van der Waals surface area contributed by atoms with Gasteiger partial charge in [0.1, 0.15) is 0 Å². The van der Waals surface area contributed by atoms with Crippen molar-refractivity contribution in [3.8, 4) is 0 Å². The van der Waals surface area contributed by atoms with Crippen LogP contribution < -0.4 is 4.72 Å². The molecule has 0 aliphatic heterocycles. The fourth-order valence-corrected chi connectivity index (χ4v) is 4.34. The molecule has 0 aliphatic rings. The van der Waals surface area contributed by atoms with Gasteiger partial charge in [-0.15, -0.1) is 0 Å². The van der Waals surface area contributed by atoms with E-state index in [9.17, 15) is 8.42 Å². The van der Waals surface area contributed by atoms with Crippen molar-refractivity contribution in [2.24, 2.45) is 0 Å². The first-order valence-corrected chi connectivity index (χ1v) is 9.87. The van der Waals surface area contributed by atoms with Crippen molar-refractivity contribution in [1.29, 1.82) is 0 Å². The molecule has 1 N–H and O–H groups in total. The van der Waals surface area contributed by atoms with Gasteiger partial charge >= 0.3 is 0 Å². The smallest absolute Gasteiger partial charge is 0.207 e. The highest BCUT2D eigenvalue weighted by Gasteiger charge is 2.21. The second-order valence-electron chi connectivity index (χ2n) is 6.53. The lowest BCUT2D eigenvalue weighted by Crippen LogP contribution is -2.27. The normalized spacial score (nSPS) is 13.3. The fourth-order valence-electron chi connectivity index (χ4n) is 2.58. The van der Waals surface area contributed by atoms with Gasteiger partial charge in [0.2, 0.25) is 10.0 Å². The summed E-state index contributed by atoms with van der Waals surface area (Å²) in [5.41, 5.74) is 3.56. The van der Waals surface area contributed by atoms with Gasteiger partial charge in [-0.05, 0) is 61.1 Å². The minimum absolute atomic E-state index is 0.273. The SMILES string of the molecule is Cc1cc(S(=O)(=O)NC(C)c2ccc(C(C)C)cc2)c(C)cc1Cl. The molecule has 3 nitrogen and oxygen atoms in total. The van der Waals surface area contributed by atoms with Crippen molar-refractivity contribution >= 4 is 21.6 Å². The minimum Gasteiger partial charge on any atom is -0.207 e. The van der Waals surface area contributed by atoms with Crippen molar-refractivity contribution in [3.05, 3.63) is 63.7 Å². The number of nitrogens with one attached hydrogen (secondary N) is 1. The van der Waals surface area contributed by atoms with Crippen molar-refractivity contribution in [2.45, 2.75) is 51.5 Å². The Hall–Kier alpha value is -1.36. The maximum Gasteiger partial charge on any atom is 0.241 e. The molecule has 24 heavy (non-hydrogen) atoms. The number of aryl methyl sites for hydroxylation is 2. The fraction of sp³-hybridized carbons (Fsp3) is 0.368. The molecule has 0 saturated heterocycles. The molecule has 2 aromatic carbocycles. The first-order valence-electron chi connectivity index (χ1n) is 8.00. The number of halogens is 1. The van der Waals surface area contributed by atoms with E-state index in [4.69, 9.17) is 11.6 Å². The molecular formula is C19H24ClNO2S. The predicted octanol–water partition coefficient (Wildman–Crippen LogP) is 5.12. The Kier molecular flexibility index (Phi) is 5.74. The summed E-state index contributed by atoms with van der Waals surface area (Å²) < 4.78 is 28.2. The van der Waals surface area contributed by atoms with Gasteiger partial charge in [0.15, 0.2) is 0 Å². The maximum atomic E-state index is 12.7. The van der Waals surface area contributed by atoms with Crippen LogP contribution in [0.1, 0.15) is 55.0 Å². The summed E-state index contributed by atoms with van der Waals surface area (Å²) in [6.45, 7) is 9.66. The molecule has 1 unspecified atom stereocenters. The van der Waals surface area contributed by atoms with E-state index in [1.165, 1.54) is 5.56 Å². The first-order chi connectivity index (χ1) is 11.1. The van der Waals surface area contributed by atoms with Crippen LogP contribution in [0.25, 0.3) is 0 Å². The summed E-state index contributed by atoms with van der Waals surface area (Å²) in [5.74, 6) is 0.450. The van der Waals surface area contributed by atoms with Crippen LogP contribution in [0.2, 0.25) is 5.02 Å². The summed E-state index contributed by atoms with van der Waals surface area (Å²) in [6, 6.07) is 11.0. The van der Waals surface area contributed by atoms with Gasteiger partial charge in [0.05, 0.1) is 4.90 Å². The topological polar surface area (TPSA) is 46.2 Å². The van der Waals surface area contributed by atoms with Crippen molar-refractivity contribution in [3.63, 3.8) is 0 Å². The highest BCUT2D eigenvalue weighted by atomic mass is 35.5. The van der Waals surface area contributed by atoms with Gasteiger partial charge in [-0.1, -0.05) is 49.7 Å². The molecule has 0 saturated carbocycles. The van der Waals surface area contributed by atoms with Crippen LogP contribution in [0, 0.1) is 13.8 Å². The number of sulfonamides is 1. The third-order valence-corrected chi connectivity index (χ3v) is 6.27. The van der Waals surface area contributed by atoms with E-state index < -0.39 is 10.0 Å². The van der Waals surface area contributed by atoms with Gasteiger partial charge in [-0.3, -0.25) is 0 Å². The molecule has 5 heteroatoms. The van der Waals surface area contributed by atoms with E-state index in [0.717, 1.165) is 11.1 Å². The van der Waals surface area contributed by atoms with Crippen LogP contribution in [0.5, 0.6) is 0 Å². The average Bonchev–Trinajstić information content (AvgIpc) is 2.50. The van der Waals surface area contributed by atoms with Crippen molar-refractivity contribution < 1.29 is 8.42 Å². The van der Waals surface area contributed by atoms with Gasteiger partial charge < -0.3 is 0 Å². The molecule has 2 aromatic rings. The van der Waals surface area contributed by atoms with Gasteiger partial charge in [-0.25, -0.2) is 13.1 Å². The highest BCUT2D eigenvalue weighted by Crippen LogP contribution is 2.26. The lowest BCUT2D eigenvalue weighted by atomic mass is 10.00. The van der Waals surface area contributed by atoms with Crippen LogP contribution in [-0.4, -0.2) is 8.42 Å². The molecule has 130 valence electrons. The second-order valence-corrected chi connectivity index (χ2v) is 8.62. The molecule has 0 heterocycles. The highest BCUT2D eigenvalue weighted by molar-refractivity contribution is 7.89. The Balaban J connectivity index is 2.27. The zero-order chi connectivity index (χ0) is 18.1. The van der Waals surface area contributed by atoms with Crippen molar-refractivity contribution in [1.82, 2.24) is 4.72 Å². The molecule has 0 fully saturated rings. The van der Waals surface area contributed by atoms with Crippen LogP contribution >= 0.6 is 11.6 Å². The Bertz CT molecular complexity index is 827. The van der Waals surface area contributed by atoms with Gasteiger partial charge in [-0.2, -0.15) is 0 Å². The lowest BCUT2D eigenvalue weighted by Gasteiger charge is -2.17. The number of hydrogen-bond acceptors (Lipinski definition) is 2. The second kappa shape index (κ2) is 7.26. The molecule has 2 rings (SSSR count). The van der Waals surface area contributed by atoms with E-state index >= 15 is 0 Å². The lowest BCUT2D eigenvalue weighted by molar-refractivity contribution is 0.566. The zero-order valence-corrected chi connectivity index (χ0v) is 16.3. The third kappa shape index (κ3) is 4.18. The summed E-state index contributed by atoms with van der Waals surface area (Å²) in [7, 11) is -3.61. The third-order valence-electron chi connectivity index (χ3n) is 4.18. The minimum atomic E-state index is -3.61. The van der Waals surface area contributed by atoms with E-state index in [-0.39, 0.29) is 10.9 Å². The molecule has 0 aromatic heterocycles. The summed E-state index contributed by atoms with van der Waals surface area (Å²) in [6.07, 6.45) is 0. The standard InChI is InChI=1S/C19H24ClNO2S/c1-12(2)16-6-8-17(9-7-16)15(5)21-24(22,23)19-11-13(3)18(20)10-14(19)4/h6-12,15,21H,1-5H3. The van der Waals surface area contributed by atoms with Crippen LogP contribution in [0.3, 0.4) is 0 Å². The average molecular weight is 366 g/mol. The number of benzene rings is 2. The Labute approximate surface area is 150 Å². The largest absolute Gasteiger partial charge is 0.241 e. The van der Waals surface area contributed by atoms with Gasteiger partial charge in [0, 0.05) is 11.1 Å². The van der Waals surface area contributed by atoms with Gasteiger partial charge in [0.25, 0.3) is 0 Å². The Morgan fingerprint density at radius 2 is 1.46 bits per heavy atom. The molecule has 0 radical (unpaired) electrons. The molecular weight excluding hydrogens is 342 g/mol. The summed E-state index contributed by atoms with van der Waals surface area (Å²) in [4.78, 5) is 0.273. The summed E-state index contributed by atoms with van der Waals surface area (Å²) in [5, 5.41) is 0.573.